The first-order valence-electron chi connectivity index (χ1n) is 5.86. The van der Waals surface area contributed by atoms with Gasteiger partial charge in [0.15, 0.2) is 0 Å². The molecule has 15 heavy (non-hydrogen) atoms. The molecule has 0 aromatic heterocycles. The summed E-state index contributed by atoms with van der Waals surface area (Å²) in [7, 11) is 1.64. The lowest BCUT2D eigenvalue weighted by Gasteiger charge is -2.34. The number of aliphatic carboxylic acids is 1. The Morgan fingerprint density at radius 1 is 1.33 bits per heavy atom. The van der Waals surface area contributed by atoms with Gasteiger partial charge in [0, 0.05) is 13.7 Å². The SMILES string of the molecule is COCC(C)C1(C(=O)O)CCCCCC1. The van der Waals surface area contributed by atoms with Crippen LogP contribution in [0.1, 0.15) is 45.4 Å². The zero-order chi connectivity index (χ0) is 11.3. The normalized spacial score (nSPS) is 23.1. The van der Waals surface area contributed by atoms with E-state index < -0.39 is 11.4 Å². The lowest BCUT2D eigenvalue weighted by molar-refractivity contribution is -0.155. The molecule has 0 bridgehead atoms. The number of carboxylic acids is 1. The predicted octanol–water partition coefficient (Wildman–Crippen LogP) is 2.69. The third-order valence-corrected chi connectivity index (χ3v) is 3.78. The molecule has 1 unspecified atom stereocenters. The van der Waals surface area contributed by atoms with Gasteiger partial charge in [-0.2, -0.15) is 0 Å². The Hall–Kier alpha value is -0.570. The van der Waals surface area contributed by atoms with Crippen molar-refractivity contribution in [1.82, 2.24) is 0 Å². The van der Waals surface area contributed by atoms with Gasteiger partial charge < -0.3 is 9.84 Å². The van der Waals surface area contributed by atoms with Crippen molar-refractivity contribution in [2.24, 2.45) is 11.3 Å². The Morgan fingerprint density at radius 3 is 2.27 bits per heavy atom. The summed E-state index contributed by atoms with van der Waals surface area (Å²) < 4.78 is 5.11. The molecule has 3 nitrogen and oxygen atoms in total. The molecule has 1 N–H and O–H groups in total. The summed E-state index contributed by atoms with van der Waals surface area (Å²) in [6.07, 6.45) is 6.06. The number of ether oxygens (including phenoxy) is 1. The van der Waals surface area contributed by atoms with Crippen molar-refractivity contribution in [2.45, 2.75) is 45.4 Å². The molecule has 0 saturated heterocycles. The first-order chi connectivity index (χ1) is 7.13. The van der Waals surface area contributed by atoms with Crippen LogP contribution in [0.3, 0.4) is 0 Å². The van der Waals surface area contributed by atoms with Crippen molar-refractivity contribution in [1.29, 1.82) is 0 Å². The smallest absolute Gasteiger partial charge is 0.309 e. The zero-order valence-corrected chi connectivity index (χ0v) is 9.79. The number of hydrogen-bond acceptors (Lipinski definition) is 2. The second-order valence-electron chi connectivity index (χ2n) is 4.73. The van der Waals surface area contributed by atoms with Crippen LogP contribution in [-0.2, 0) is 9.53 Å². The van der Waals surface area contributed by atoms with Crippen LogP contribution in [0.2, 0.25) is 0 Å². The van der Waals surface area contributed by atoms with E-state index in [0.29, 0.717) is 6.61 Å². The number of methoxy groups -OCH3 is 1. The summed E-state index contributed by atoms with van der Waals surface area (Å²) in [5.74, 6) is -0.521. The summed E-state index contributed by atoms with van der Waals surface area (Å²) in [6, 6.07) is 0. The molecule has 0 aliphatic heterocycles. The molecule has 1 aliphatic rings. The van der Waals surface area contributed by atoms with E-state index in [2.05, 4.69) is 0 Å². The van der Waals surface area contributed by atoms with E-state index in [4.69, 9.17) is 4.74 Å². The van der Waals surface area contributed by atoms with Gasteiger partial charge >= 0.3 is 5.97 Å². The van der Waals surface area contributed by atoms with Gasteiger partial charge in [-0.05, 0) is 18.8 Å². The monoisotopic (exact) mass is 214 g/mol. The van der Waals surface area contributed by atoms with Crippen molar-refractivity contribution in [3.05, 3.63) is 0 Å². The number of carboxylic acid groups (broad SMARTS) is 1. The molecule has 0 heterocycles. The van der Waals surface area contributed by atoms with E-state index in [0.717, 1.165) is 25.7 Å². The van der Waals surface area contributed by atoms with Crippen LogP contribution in [0.15, 0.2) is 0 Å². The van der Waals surface area contributed by atoms with Crippen LogP contribution in [0, 0.1) is 11.3 Å². The first-order valence-corrected chi connectivity index (χ1v) is 5.86. The summed E-state index contributed by atoms with van der Waals surface area (Å²) in [6.45, 7) is 2.55. The van der Waals surface area contributed by atoms with Gasteiger partial charge in [0.2, 0.25) is 0 Å². The lowest BCUT2D eigenvalue weighted by Crippen LogP contribution is -2.39. The van der Waals surface area contributed by atoms with Crippen LogP contribution in [0.4, 0.5) is 0 Å². The van der Waals surface area contributed by atoms with Crippen LogP contribution in [0.25, 0.3) is 0 Å². The van der Waals surface area contributed by atoms with E-state index >= 15 is 0 Å². The van der Waals surface area contributed by atoms with Crippen molar-refractivity contribution in [2.75, 3.05) is 13.7 Å². The minimum absolute atomic E-state index is 0.109. The minimum atomic E-state index is -0.631. The maximum atomic E-state index is 11.5. The maximum absolute atomic E-state index is 11.5. The van der Waals surface area contributed by atoms with E-state index in [1.165, 1.54) is 12.8 Å². The van der Waals surface area contributed by atoms with Gasteiger partial charge in [-0.15, -0.1) is 0 Å². The zero-order valence-electron chi connectivity index (χ0n) is 9.79. The molecular formula is C12H22O3. The average Bonchev–Trinajstić information content (AvgIpc) is 2.43. The molecule has 1 atom stereocenters. The Balaban J connectivity index is 2.79. The van der Waals surface area contributed by atoms with E-state index in [9.17, 15) is 9.90 Å². The second kappa shape index (κ2) is 5.50. The molecule has 0 aromatic rings. The highest BCUT2D eigenvalue weighted by atomic mass is 16.5. The number of rotatable bonds is 4. The molecule has 3 heteroatoms. The van der Waals surface area contributed by atoms with Crippen LogP contribution < -0.4 is 0 Å². The Bertz CT molecular complexity index is 205. The fourth-order valence-electron chi connectivity index (χ4n) is 2.69. The molecule has 0 aromatic carbocycles. The lowest BCUT2D eigenvalue weighted by atomic mass is 9.71. The summed E-state index contributed by atoms with van der Waals surface area (Å²) in [4.78, 5) is 11.5. The van der Waals surface area contributed by atoms with Gasteiger partial charge in [0.1, 0.15) is 0 Å². The van der Waals surface area contributed by atoms with Crippen molar-refractivity contribution >= 4 is 5.97 Å². The fourth-order valence-corrected chi connectivity index (χ4v) is 2.69. The van der Waals surface area contributed by atoms with E-state index in [1.54, 1.807) is 7.11 Å². The second-order valence-corrected chi connectivity index (χ2v) is 4.73. The molecular weight excluding hydrogens is 192 g/mol. The molecule has 1 rings (SSSR count). The third kappa shape index (κ3) is 2.71. The van der Waals surface area contributed by atoms with Gasteiger partial charge in [-0.3, -0.25) is 4.79 Å². The molecule has 88 valence electrons. The van der Waals surface area contributed by atoms with Crippen LogP contribution in [0.5, 0.6) is 0 Å². The molecule has 1 fully saturated rings. The van der Waals surface area contributed by atoms with Crippen molar-refractivity contribution in [3.63, 3.8) is 0 Å². The first kappa shape index (κ1) is 12.5. The Labute approximate surface area is 91.8 Å². The molecule has 1 saturated carbocycles. The summed E-state index contributed by atoms with van der Waals surface area (Å²) in [5.41, 5.74) is -0.535. The van der Waals surface area contributed by atoms with Gasteiger partial charge in [-0.1, -0.05) is 32.6 Å². The average molecular weight is 214 g/mol. The number of carbonyl (C=O) groups is 1. The maximum Gasteiger partial charge on any atom is 0.309 e. The van der Waals surface area contributed by atoms with Crippen molar-refractivity contribution in [3.8, 4) is 0 Å². The van der Waals surface area contributed by atoms with Crippen molar-refractivity contribution < 1.29 is 14.6 Å². The fraction of sp³-hybridized carbons (Fsp3) is 0.917. The van der Waals surface area contributed by atoms with Crippen LogP contribution in [-0.4, -0.2) is 24.8 Å². The quantitative estimate of drug-likeness (QED) is 0.732. The Morgan fingerprint density at radius 2 is 1.87 bits per heavy atom. The molecule has 1 aliphatic carbocycles. The topological polar surface area (TPSA) is 46.5 Å². The molecule has 0 amide bonds. The number of hydrogen-bond donors (Lipinski definition) is 1. The largest absolute Gasteiger partial charge is 0.481 e. The van der Waals surface area contributed by atoms with Gasteiger partial charge in [0.05, 0.1) is 5.41 Å². The summed E-state index contributed by atoms with van der Waals surface area (Å²) >= 11 is 0. The summed E-state index contributed by atoms with van der Waals surface area (Å²) in [5, 5.41) is 9.46. The Kier molecular flexibility index (Phi) is 4.58. The highest BCUT2D eigenvalue weighted by Crippen LogP contribution is 2.41. The van der Waals surface area contributed by atoms with Gasteiger partial charge in [0.25, 0.3) is 0 Å². The molecule has 0 radical (unpaired) electrons. The van der Waals surface area contributed by atoms with E-state index in [1.807, 2.05) is 6.92 Å². The van der Waals surface area contributed by atoms with Crippen LogP contribution >= 0.6 is 0 Å². The minimum Gasteiger partial charge on any atom is -0.481 e. The van der Waals surface area contributed by atoms with Gasteiger partial charge in [-0.25, -0.2) is 0 Å². The highest BCUT2D eigenvalue weighted by molar-refractivity contribution is 5.75. The van der Waals surface area contributed by atoms with E-state index in [-0.39, 0.29) is 5.92 Å². The third-order valence-electron chi connectivity index (χ3n) is 3.78. The highest BCUT2D eigenvalue weighted by Gasteiger charge is 2.43. The molecule has 0 spiro atoms. The standard InChI is InChI=1S/C12H22O3/c1-10(9-15-2)12(11(13)14)7-5-3-4-6-8-12/h10H,3-9H2,1-2H3,(H,13,14). The predicted molar refractivity (Wildman–Crippen MR) is 58.8 cm³/mol.